The van der Waals surface area contributed by atoms with Gasteiger partial charge in [-0.05, 0) is 70.2 Å². The maximum atomic E-state index is 6.59. The number of nitrogens with one attached hydrogen (secondary N) is 1. The van der Waals surface area contributed by atoms with Crippen molar-refractivity contribution in [1.29, 1.82) is 0 Å². The summed E-state index contributed by atoms with van der Waals surface area (Å²) in [6.45, 7) is 7.56. The Morgan fingerprint density at radius 1 is 1.29 bits per heavy atom. The van der Waals surface area contributed by atoms with Crippen LogP contribution in [0.25, 0.3) is 10.9 Å². The molecule has 1 atom stereocenters. The van der Waals surface area contributed by atoms with Crippen molar-refractivity contribution in [2.75, 3.05) is 13.1 Å². The first kappa shape index (κ1) is 15.9. The maximum Gasteiger partial charge on any atom is 0.0488 e. The zero-order valence-electron chi connectivity index (χ0n) is 15.0. The van der Waals surface area contributed by atoms with Crippen molar-refractivity contribution in [2.24, 2.45) is 5.73 Å². The predicted molar refractivity (Wildman–Crippen MR) is 101 cm³/mol. The maximum absolute atomic E-state index is 6.59. The molecule has 0 saturated heterocycles. The van der Waals surface area contributed by atoms with Crippen molar-refractivity contribution in [1.82, 2.24) is 9.88 Å². The SMILES string of the molecule is Cc1ccc2c(c1)c1c(n2CC2=CCNCC2)CCCC(C)(N)C1. The Bertz CT molecular complexity index is 795. The Labute approximate surface area is 144 Å². The Morgan fingerprint density at radius 3 is 2.96 bits per heavy atom. The first-order chi connectivity index (χ1) is 11.5. The number of fused-ring (bicyclic) bond motifs is 3. The molecule has 0 radical (unpaired) electrons. The third kappa shape index (κ3) is 2.91. The van der Waals surface area contributed by atoms with Gasteiger partial charge in [0.2, 0.25) is 0 Å². The molecule has 3 heteroatoms. The highest BCUT2D eigenvalue weighted by molar-refractivity contribution is 5.86. The van der Waals surface area contributed by atoms with Crippen LogP contribution in [0.1, 0.15) is 43.0 Å². The fraction of sp³-hybridized carbons (Fsp3) is 0.524. The average molecular weight is 323 g/mol. The largest absolute Gasteiger partial charge is 0.340 e. The lowest BCUT2D eigenvalue weighted by Gasteiger charge is -2.22. The molecule has 1 aromatic carbocycles. The predicted octanol–water partition coefficient (Wildman–Crippen LogP) is 3.47. The monoisotopic (exact) mass is 323 g/mol. The van der Waals surface area contributed by atoms with Crippen LogP contribution < -0.4 is 11.1 Å². The minimum Gasteiger partial charge on any atom is -0.340 e. The van der Waals surface area contributed by atoms with Gasteiger partial charge in [-0.3, -0.25) is 0 Å². The third-order valence-electron chi connectivity index (χ3n) is 5.70. The zero-order valence-corrected chi connectivity index (χ0v) is 15.0. The van der Waals surface area contributed by atoms with Gasteiger partial charge in [-0.15, -0.1) is 0 Å². The highest BCUT2D eigenvalue weighted by atomic mass is 15.0. The van der Waals surface area contributed by atoms with Crippen LogP contribution in [0.2, 0.25) is 0 Å². The average Bonchev–Trinajstić information content (AvgIpc) is 2.71. The number of aryl methyl sites for hydroxylation is 1. The molecule has 128 valence electrons. The number of rotatable bonds is 2. The van der Waals surface area contributed by atoms with Gasteiger partial charge in [-0.1, -0.05) is 23.3 Å². The van der Waals surface area contributed by atoms with Crippen molar-refractivity contribution in [3.05, 3.63) is 46.7 Å². The fourth-order valence-corrected chi connectivity index (χ4v) is 4.42. The molecule has 0 saturated carbocycles. The summed E-state index contributed by atoms with van der Waals surface area (Å²) >= 11 is 0. The van der Waals surface area contributed by atoms with Crippen LogP contribution in [-0.4, -0.2) is 23.2 Å². The topological polar surface area (TPSA) is 43.0 Å². The molecule has 2 aromatic rings. The van der Waals surface area contributed by atoms with E-state index in [1.807, 2.05) is 0 Å². The summed E-state index contributed by atoms with van der Waals surface area (Å²) in [5.41, 5.74) is 13.8. The molecule has 0 amide bonds. The Hall–Kier alpha value is -1.58. The quantitative estimate of drug-likeness (QED) is 0.656. The summed E-state index contributed by atoms with van der Waals surface area (Å²) in [6, 6.07) is 6.92. The van der Waals surface area contributed by atoms with Crippen LogP contribution in [0, 0.1) is 6.92 Å². The normalized spacial score (nSPS) is 24.5. The molecule has 1 aliphatic carbocycles. The van der Waals surface area contributed by atoms with E-state index in [9.17, 15) is 0 Å². The van der Waals surface area contributed by atoms with Crippen molar-refractivity contribution < 1.29 is 0 Å². The van der Waals surface area contributed by atoms with E-state index in [2.05, 4.69) is 48.0 Å². The molecule has 2 aliphatic rings. The van der Waals surface area contributed by atoms with Gasteiger partial charge in [-0.25, -0.2) is 0 Å². The van der Waals surface area contributed by atoms with E-state index >= 15 is 0 Å². The second-order valence-corrected chi connectivity index (χ2v) is 8.03. The highest BCUT2D eigenvalue weighted by Crippen LogP contribution is 2.35. The molecule has 1 unspecified atom stereocenters. The van der Waals surface area contributed by atoms with Crippen molar-refractivity contribution in [2.45, 2.75) is 58.0 Å². The van der Waals surface area contributed by atoms with E-state index in [0.29, 0.717) is 0 Å². The Balaban J connectivity index is 1.86. The number of nitrogens with zero attached hydrogens (tertiary/aromatic N) is 1. The van der Waals surface area contributed by atoms with E-state index in [1.54, 1.807) is 5.57 Å². The van der Waals surface area contributed by atoms with Gasteiger partial charge >= 0.3 is 0 Å². The summed E-state index contributed by atoms with van der Waals surface area (Å²) in [5.74, 6) is 0. The van der Waals surface area contributed by atoms with Crippen LogP contribution >= 0.6 is 0 Å². The van der Waals surface area contributed by atoms with Crippen LogP contribution in [0.4, 0.5) is 0 Å². The summed E-state index contributed by atoms with van der Waals surface area (Å²) in [4.78, 5) is 0. The molecule has 2 heterocycles. The van der Waals surface area contributed by atoms with E-state index in [1.165, 1.54) is 34.1 Å². The number of nitrogens with two attached hydrogens (primary N) is 1. The third-order valence-corrected chi connectivity index (χ3v) is 5.70. The van der Waals surface area contributed by atoms with Crippen LogP contribution in [0.3, 0.4) is 0 Å². The van der Waals surface area contributed by atoms with Gasteiger partial charge in [0.15, 0.2) is 0 Å². The van der Waals surface area contributed by atoms with Gasteiger partial charge in [0, 0.05) is 35.2 Å². The van der Waals surface area contributed by atoms with E-state index in [-0.39, 0.29) is 5.54 Å². The van der Waals surface area contributed by atoms with Gasteiger partial charge in [0.1, 0.15) is 0 Å². The Kier molecular flexibility index (Phi) is 4.01. The molecule has 0 spiro atoms. The summed E-state index contributed by atoms with van der Waals surface area (Å²) in [7, 11) is 0. The summed E-state index contributed by atoms with van der Waals surface area (Å²) in [6.07, 6.45) is 7.99. The number of hydrogen-bond donors (Lipinski definition) is 2. The van der Waals surface area contributed by atoms with Crippen molar-refractivity contribution in [3.8, 4) is 0 Å². The molecule has 1 aliphatic heterocycles. The highest BCUT2D eigenvalue weighted by Gasteiger charge is 2.28. The molecule has 24 heavy (non-hydrogen) atoms. The van der Waals surface area contributed by atoms with Crippen LogP contribution in [-0.2, 0) is 19.4 Å². The molecule has 4 rings (SSSR count). The van der Waals surface area contributed by atoms with Crippen molar-refractivity contribution >= 4 is 10.9 Å². The molecule has 3 N–H and O–H groups in total. The van der Waals surface area contributed by atoms with Gasteiger partial charge < -0.3 is 15.6 Å². The number of benzene rings is 1. The summed E-state index contributed by atoms with van der Waals surface area (Å²) in [5, 5.41) is 4.85. The van der Waals surface area contributed by atoms with Crippen LogP contribution in [0.5, 0.6) is 0 Å². The summed E-state index contributed by atoms with van der Waals surface area (Å²) < 4.78 is 2.59. The Morgan fingerprint density at radius 2 is 2.17 bits per heavy atom. The second-order valence-electron chi connectivity index (χ2n) is 8.03. The van der Waals surface area contributed by atoms with Crippen LogP contribution in [0.15, 0.2) is 29.8 Å². The minimum absolute atomic E-state index is 0.0812. The molecule has 1 aromatic heterocycles. The lowest BCUT2D eigenvalue weighted by Crippen LogP contribution is -2.37. The standard InChI is InChI=1S/C21H29N3/c1-15-5-6-20-17(12-15)18-13-21(2,22)9-3-4-19(18)24(20)14-16-7-10-23-11-8-16/h5-7,12,23H,3-4,8-11,13-14,22H2,1-2H3. The van der Waals surface area contributed by atoms with Crippen molar-refractivity contribution in [3.63, 3.8) is 0 Å². The van der Waals surface area contributed by atoms with E-state index < -0.39 is 0 Å². The lowest BCUT2D eigenvalue weighted by molar-refractivity contribution is 0.429. The number of aromatic nitrogens is 1. The molecular weight excluding hydrogens is 294 g/mol. The molecule has 0 bridgehead atoms. The van der Waals surface area contributed by atoms with Gasteiger partial charge in [0.25, 0.3) is 0 Å². The van der Waals surface area contributed by atoms with Gasteiger partial charge in [-0.2, -0.15) is 0 Å². The van der Waals surface area contributed by atoms with E-state index in [4.69, 9.17) is 5.73 Å². The first-order valence-electron chi connectivity index (χ1n) is 9.32. The first-order valence-corrected chi connectivity index (χ1v) is 9.32. The smallest absolute Gasteiger partial charge is 0.0488 e. The minimum atomic E-state index is -0.0812. The van der Waals surface area contributed by atoms with E-state index in [0.717, 1.165) is 45.3 Å². The zero-order chi connectivity index (χ0) is 16.7. The molecular formula is C21H29N3. The van der Waals surface area contributed by atoms with Gasteiger partial charge in [0.05, 0.1) is 0 Å². The fourth-order valence-electron chi connectivity index (χ4n) is 4.42. The number of hydrogen-bond acceptors (Lipinski definition) is 2. The lowest BCUT2D eigenvalue weighted by atomic mass is 9.91. The molecule has 0 fully saturated rings. The molecule has 3 nitrogen and oxygen atoms in total. The second kappa shape index (κ2) is 6.05.